The maximum atomic E-state index is 12.7. The van der Waals surface area contributed by atoms with E-state index in [0.717, 1.165) is 56.8 Å². The number of rotatable bonds is 10. The number of ether oxygens (including phenoxy) is 3. The number of hydrogen-bond acceptors (Lipinski definition) is 7. The van der Waals surface area contributed by atoms with Crippen LogP contribution in [0.4, 0.5) is 10.5 Å². The lowest BCUT2D eigenvalue weighted by atomic mass is 9.98. The van der Waals surface area contributed by atoms with Gasteiger partial charge in [-0.05, 0) is 78.4 Å². The first-order chi connectivity index (χ1) is 20.9. The number of likely N-dealkylation sites (tertiary alicyclic amines) is 1. The molecule has 43 heavy (non-hydrogen) atoms. The maximum Gasteiger partial charge on any atom is 0.415 e. The van der Waals surface area contributed by atoms with Gasteiger partial charge in [0.2, 0.25) is 0 Å². The number of carbonyl (C=O) groups excluding carboxylic acids is 2. The van der Waals surface area contributed by atoms with Crippen LogP contribution in [0.3, 0.4) is 0 Å². The number of carboxylic acids is 1. The molecule has 0 spiro atoms. The Morgan fingerprint density at radius 2 is 1.44 bits per heavy atom. The van der Waals surface area contributed by atoms with Crippen molar-refractivity contribution in [1.82, 2.24) is 9.80 Å². The molecule has 2 aliphatic rings. The van der Waals surface area contributed by atoms with Crippen molar-refractivity contribution >= 4 is 23.7 Å². The average molecular weight is 588 g/mol. The average Bonchev–Trinajstić information content (AvgIpc) is 3.02. The fourth-order valence-corrected chi connectivity index (χ4v) is 5.13. The molecule has 2 fully saturated rings. The number of benzene rings is 3. The standard InChI is InChI=1S/C33H37N3O7/c37-31(38)21-24-3-9-29(10-4-24)42-23-26-13-15-36(16-14-26)33(40)43-30-11-7-28(8-12-30)34-32(39)27-5-1-25(2-6-27)22-35-17-19-41-20-18-35/h1-12,26H,13-23H2,(H,34,39)(H,37,38). The molecule has 5 rings (SSSR count). The van der Waals surface area contributed by atoms with Crippen LogP contribution in [0.15, 0.2) is 72.8 Å². The zero-order valence-corrected chi connectivity index (χ0v) is 24.1. The normalized spacial score (nSPS) is 16.0. The predicted molar refractivity (Wildman–Crippen MR) is 161 cm³/mol. The van der Waals surface area contributed by atoms with Gasteiger partial charge in [-0.3, -0.25) is 14.5 Å². The van der Waals surface area contributed by atoms with Crippen molar-refractivity contribution in [2.75, 3.05) is 51.3 Å². The second-order valence-electron chi connectivity index (χ2n) is 10.9. The molecule has 2 N–H and O–H groups in total. The Labute approximate surface area is 251 Å². The molecule has 2 aliphatic heterocycles. The molecule has 0 aromatic heterocycles. The van der Waals surface area contributed by atoms with Crippen molar-refractivity contribution in [2.45, 2.75) is 25.8 Å². The highest BCUT2D eigenvalue weighted by Gasteiger charge is 2.24. The first kappa shape index (κ1) is 30.1. The Balaban J connectivity index is 1.02. The number of nitrogens with one attached hydrogen (secondary N) is 1. The second kappa shape index (κ2) is 14.7. The van der Waals surface area contributed by atoms with Crippen LogP contribution >= 0.6 is 0 Å². The van der Waals surface area contributed by atoms with E-state index in [-0.39, 0.29) is 12.3 Å². The Morgan fingerprint density at radius 1 is 0.814 bits per heavy atom. The summed E-state index contributed by atoms with van der Waals surface area (Å²) in [5, 5.41) is 11.8. The molecule has 0 bridgehead atoms. The molecule has 0 unspecified atom stereocenters. The SMILES string of the molecule is O=C(O)Cc1ccc(OCC2CCN(C(=O)Oc3ccc(NC(=O)c4ccc(CN5CCOCC5)cc4)cc3)CC2)cc1. The highest BCUT2D eigenvalue weighted by molar-refractivity contribution is 6.04. The molecular weight excluding hydrogens is 550 g/mol. The van der Waals surface area contributed by atoms with Crippen LogP contribution in [0.5, 0.6) is 11.5 Å². The molecule has 0 saturated carbocycles. The van der Waals surface area contributed by atoms with Crippen LogP contribution in [0, 0.1) is 5.92 Å². The summed E-state index contributed by atoms with van der Waals surface area (Å²) in [6.45, 7) is 5.86. The number of hydrogen-bond donors (Lipinski definition) is 2. The first-order valence-corrected chi connectivity index (χ1v) is 14.6. The number of piperidine rings is 1. The largest absolute Gasteiger partial charge is 0.493 e. The summed E-state index contributed by atoms with van der Waals surface area (Å²) in [7, 11) is 0. The number of morpholine rings is 1. The molecule has 0 aliphatic carbocycles. The third kappa shape index (κ3) is 9.04. The van der Waals surface area contributed by atoms with Gasteiger partial charge in [-0.2, -0.15) is 0 Å². The van der Waals surface area contributed by atoms with Gasteiger partial charge in [0.05, 0.1) is 26.2 Å². The summed E-state index contributed by atoms with van der Waals surface area (Å²) < 4.78 is 16.8. The van der Waals surface area contributed by atoms with E-state index in [1.807, 2.05) is 24.3 Å². The molecule has 2 saturated heterocycles. The smallest absolute Gasteiger partial charge is 0.415 e. The zero-order chi connectivity index (χ0) is 30.0. The Hall–Kier alpha value is -4.41. The lowest BCUT2D eigenvalue weighted by molar-refractivity contribution is -0.136. The number of anilines is 1. The molecule has 2 heterocycles. The van der Waals surface area contributed by atoms with E-state index >= 15 is 0 Å². The van der Waals surface area contributed by atoms with Crippen molar-refractivity contribution in [1.29, 1.82) is 0 Å². The third-order valence-electron chi connectivity index (χ3n) is 7.68. The molecule has 10 nitrogen and oxygen atoms in total. The molecule has 3 aromatic carbocycles. The van der Waals surface area contributed by atoms with Crippen molar-refractivity contribution in [3.8, 4) is 11.5 Å². The quantitative estimate of drug-likeness (QED) is 0.351. The summed E-state index contributed by atoms with van der Waals surface area (Å²) in [5.74, 6) is 0.355. The molecule has 3 aromatic rings. The maximum absolute atomic E-state index is 12.7. The van der Waals surface area contributed by atoms with E-state index < -0.39 is 12.1 Å². The summed E-state index contributed by atoms with van der Waals surface area (Å²) in [4.78, 5) is 40.3. The lowest BCUT2D eigenvalue weighted by Crippen LogP contribution is -2.41. The molecule has 10 heteroatoms. The van der Waals surface area contributed by atoms with Gasteiger partial charge in [-0.1, -0.05) is 24.3 Å². The molecule has 226 valence electrons. The van der Waals surface area contributed by atoms with E-state index in [0.29, 0.717) is 48.4 Å². The van der Waals surface area contributed by atoms with Crippen LogP contribution in [0.2, 0.25) is 0 Å². The Bertz CT molecular complexity index is 1360. The van der Waals surface area contributed by atoms with Gasteiger partial charge in [0.25, 0.3) is 5.91 Å². The van der Waals surface area contributed by atoms with Gasteiger partial charge < -0.3 is 29.5 Å². The topological polar surface area (TPSA) is 118 Å². The van der Waals surface area contributed by atoms with Gasteiger partial charge in [0, 0.05) is 44.0 Å². The fourth-order valence-electron chi connectivity index (χ4n) is 5.13. The van der Waals surface area contributed by atoms with Crippen LogP contribution in [0.1, 0.15) is 34.3 Å². The highest BCUT2D eigenvalue weighted by Crippen LogP contribution is 2.22. The van der Waals surface area contributed by atoms with Gasteiger partial charge in [-0.15, -0.1) is 0 Å². The number of carbonyl (C=O) groups is 3. The van der Waals surface area contributed by atoms with E-state index in [2.05, 4.69) is 10.2 Å². The van der Waals surface area contributed by atoms with Gasteiger partial charge >= 0.3 is 12.1 Å². The molecule has 2 amide bonds. The molecule has 0 radical (unpaired) electrons. The van der Waals surface area contributed by atoms with Crippen LogP contribution in [-0.4, -0.2) is 78.9 Å². The van der Waals surface area contributed by atoms with E-state index in [1.54, 1.807) is 53.4 Å². The Morgan fingerprint density at radius 3 is 2.09 bits per heavy atom. The lowest BCUT2D eigenvalue weighted by Gasteiger charge is -2.31. The minimum atomic E-state index is -0.864. The predicted octanol–water partition coefficient (Wildman–Crippen LogP) is 4.69. The Kier molecular flexibility index (Phi) is 10.2. The second-order valence-corrected chi connectivity index (χ2v) is 10.9. The van der Waals surface area contributed by atoms with Gasteiger partial charge in [0.15, 0.2) is 0 Å². The fraction of sp³-hybridized carbons (Fsp3) is 0.364. The molecule has 0 atom stereocenters. The third-order valence-corrected chi connectivity index (χ3v) is 7.68. The van der Waals surface area contributed by atoms with Crippen molar-refractivity contribution in [3.63, 3.8) is 0 Å². The number of nitrogens with zero attached hydrogens (tertiary/aromatic N) is 2. The first-order valence-electron chi connectivity index (χ1n) is 14.6. The van der Waals surface area contributed by atoms with Crippen LogP contribution < -0.4 is 14.8 Å². The van der Waals surface area contributed by atoms with Crippen molar-refractivity contribution in [2.24, 2.45) is 5.92 Å². The minimum Gasteiger partial charge on any atom is -0.493 e. The molecular formula is C33H37N3O7. The van der Waals surface area contributed by atoms with E-state index in [1.165, 1.54) is 0 Å². The van der Waals surface area contributed by atoms with Gasteiger partial charge in [-0.25, -0.2) is 4.79 Å². The van der Waals surface area contributed by atoms with E-state index in [4.69, 9.17) is 19.3 Å². The monoisotopic (exact) mass is 587 g/mol. The highest BCUT2D eigenvalue weighted by atomic mass is 16.6. The zero-order valence-electron chi connectivity index (χ0n) is 24.1. The number of carboxylic acid groups (broad SMARTS) is 1. The van der Waals surface area contributed by atoms with Crippen LogP contribution in [-0.2, 0) is 22.5 Å². The summed E-state index contributed by atoms with van der Waals surface area (Å²) >= 11 is 0. The van der Waals surface area contributed by atoms with E-state index in [9.17, 15) is 14.4 Å². The number of amides is 2. The summed E-state index contributed by atoms with van der Waals surface area (Å²) in [6, 6.07) is 21.5. The summed E-state index contributed by atoms with van der Waals surface area (Å²) in [6.07, 6.45) is 1.18. The van der Waals surface area contributed by atoms with Crippen molar-refractivity contribution < 1.29 is 33.7 Å². The van der Waals surface area contributed by atoms with Gasteiger partial charge in [0.1, 0.15) is 11.5 Å². The van der Waals surface area contributed by atoms with Crippen LogP contribution in [0.25, 0.3) is 0 Å². The minimum absolute atomic E-state index is 0.0128. The summed E-state index contributed by atoms with van der Waals surface area (Å²) in [5.41, 5.74) is 3.07. The number of aliphatic carboxylic acids is 1. The van der Waals surface area contributed by atoms with Crippen molar-refractivity contribution in [3.05, 3.63) is 89.5 Å².